The number of amidine groups is 1. The minimum Gasteiger partial charge on any atom is -0.267 e. The Hall–Kier alpha value is -1.77. The van der Waals surface area contributed by atoms with Gasteiger partial charge in [0.25, 0.3) is 10.0 Å². The van der Waals surface area contributed by atoms with Gasteiger partial charge in [0, 0.05) is 39.9 Å². The zero-order valence-corrected chi connectivity index (χ0v) is 21.0. The van der Waals surface area contributed by atoms with Crippen LogP contribution < -0.4 is 0 Å². The largest absolute Gasteiger partial charge is 0.267 e. The van der Waals surface area contributed by atoms with Crippen LogP contribution >= 0.6 is 46.6 Å². The molecule has 0 radical (unpaired) electrons. The number of aliphatic imine (C=N–C) groups is 1. The molecule has 1 aliphatic rings. The molecule has 0 fully saturated rings. The number of hydrogen-bond donors (Lipinski definition) is 0. The zero-order valence-electron chi connectivity index (χ0n) is 17.1. The van der Waals surface area contributed by atoms with Crippen LogP contribution in [0.3, 0.4) is 0 Å². The van der Waals surface area contributed by atoms with Gasteiger partial charge in [-0.15, -0.1) is 11.8 Å². The quantitative estimate of drug-likeness (QED) is 0.317. The van der Waals surface area contributed by atoms with Gasteiger partial charge in [-0.05, 0) is 42.8 Å². The van der Waals surface area contributed by atoms with Crippen LogP contribution in [0.4, 0.5) is 4.39 Å². The Morgan fingerprint density at radius 2 is 1.76 bits per heavy atom. The fourth-order valence-electron chi connectivity index (χ4n) is 3.40. The lowest BCUT2D eigenvalue weighted by molar-refractivity contribution is 0.500. The van der Waals surface area contributed by atoms with Gasteiger partial charge < -0.3 is 0 Å². The summed E-state index contributed by atoms with van der Waals surface area (Å²) >= 11 is 19.6. The highest BCUT2D eigenvalue weighted by Gasteiger charge is 2.31. The van der Waals surface area contributed by atoms with Crippen LogP contribution in [-0.2, 0) is 15.8 Å². The minimum atomic E-state index is -3.93. The van der Waals surface area contributed by atoms with Crippen molar-refractivity contribution in [2.75, 3.05) is 13.1 Å². The predicted molar refractivity (Wildman–Crippen MR) is 134 cm³/mol. The Morgan fingerprint density at radius 3 is 2.52 bits per heavy atom. The molecule has 0 bridgehead atoms. The molecule has 172 valence electrons. The molecular weight excluding hydrogens is 526 g/mol. The number of sulfonamides is 1. The molecule has 3 aromatic rings. The van der Waals surface area contributed by atoms with Crippen molar-refractivity contribution in [2.45, 2.75) is 22.0 Å². The van der Waals surface area contributed by atoms with E-state index in [1.54, 1.807) is 12.1 Å². The average molecular weight is 544 g/mol. The number of nitrogens with zero attached hydrogens (tertiary/aromatic N) is 2. The highest BCUT2D eigenvalue weighted by molar-refractivity contribution is 7.98. The summed E-state index contributed by atoms with van der Waals surface area (Å²) in [7, 11) is -3.93. The molecule has 33 heavy (non-hydrogen) atoms. The second kappa shape index (κ2) is 10.2. The van der Waals surface area contributed by atoms with Crippen molar-refractivity contribution in [3.05, 3.63) is 92.7 Å². The van der Waals surface area contributed by atoms with Crippen molar-refractivity contribution in [1.29, 1.82) is 0 Å². The third-order valence-corrected chi connectivity index (χ3v) is 9.04. The molecule has 3 aromatic carbocycles. The Kier molecular flexibility index (Phi) is 7.56. The van der Waals surface area contributed by atoms with Crippen molar-refractivity contribution < 1.29 is 12.8 Å². The lowest BCUT2D eigenvalue weighted by Crippen LogP contribution is -2.41. The van der Waals surface area contributed by atoms with Gasteiger partial charge in [0.2, 0.25) is 0 Å². The average Bonchev–Trinajstić information content (AvgIpc) is 2.81. The van der Waals surface area contributed by atoms with Gasteiger partial charge in [0.1, 0.15) is 11.7 Å². The van der Waals surface area contributed by atoms with E-state index in [1.165, 1.54) is 40.3 Å². The van der Waals surface area contributed by atoms with Crippen molar-refractivity contribution in [1.82, 2.24) is 4.31 Å². The molecule has 10 heteroatoms. The Morgan fingerprint density at radius 1 is 0.970 bits per heavy atom. The third kappa shape index (κ3) is 5.17. The fraction of sp³-hybridized carbons (Fsp3) is 0.174. The standard InChI is InChI=1S/C23H18Cl3FN2O2S2/c24-18-6-3-7-21(27)17(18)14-32-22-8-2-1-5-16(22)23-28-11-4-12-29(23)33(30,31)15-9-10-19(25)20(26)13-15/h1-3,5-10,13H,4,11-12,14H2. The molecular formula is C23H18Cl3FN2O2S2. The number of thioether (sulfide) groups is 1. The normalized spacial score (nSPS) is 14.3. The number of halogens is 4. The van der Waals surface area contributed by atoms with Gasteiger partial charge in [-0.3, -0.25) is 4.99 Å². The molecule has 0 atom stereocenters. The van der Waals surface area contributed by atoms with E-state index in [-0.39, 0.29) is 33.1 Å². The first-order valence-electron chi connectivity index (χ1n) is 9.96. The molecule has 0 saturated carbocycles. The molecule has 0 saturated heterocycles. The van der Waals surface area contributed by atoms with Crippen molar-refractivity contribution in [3.8, 4) is 0 Å². The van der Waals surface area contributed by atoms with Crippen LogP contribution in [0, 0.1) is 5.82 Å². The Bertz CT molecular complexity index is 1310. The van der Waals surface area contributed by atoms with Gasteiger partial charge in [-0.25, -0.2) is 17.1 Å². The summed E-state index contributed by atoms with van der Waals surface area (Å²) in [6, 6.07) is 16.1. The summed E-state index contributed by atoms with van der Waals surface area (Å²) < 4.78 is 42.5. The second-order valence-corrected chi connectivity index (χ2v) is 11.3. The Labute approximate surface area is 211 Å². The van der Waals surface area contributed by atoms with E-state index >= 15 is 0 Å². The smallest absolute Gasteiger partial charge is 0.265 e. The number of benzene rings is 3. The molecule has 4 nitrogen and oxygen atoms in total. The van der Waals surface area contributed by atoms with Crippen molar-refractivity contribution in [2.24, 2.45) is 4.99 Å². The van der Waals surface area contributed by atoms with Crippen LogP contribution in [0.5, 0.6) is 0 Å². The third-order valence-electron chi connectivity index (χ3n) is 5.06. The van der Waals surface area contributed by atoms with Crippen LogP contribution in [0.1, 0.15) is 17.5 Å². The monoisotopic (exact) mass is 542 g/mol. The van der Waals surface area contributed by atoms with E-state index in [1.807, 2.05) is 24.3 Å². The molecule has 0 amide bonds. The zero-order chi connectivity index (χ0) is 23.6. The summed E-state index contributed by atoms with van der Waals surface area (Å²) in [5, 5.41) is 0.779. The molecule has 4 rings (SSSR count). The first kappa shape index (κ1) is 24.4. The predicted octanol–water partition coefficient (Wildman–Crippen LogP) is 6.92. The lowest BCUT2D eigenvalue weighted by atomic mass is 10.2. The van der Waals surface area contributed by atoms with E-state index in [4.69, 9.17) is 34.8 Å². The van der Waals surface area contributed by atoms with Gasteiger partial charge >= 0.3 is 0 Å². The SMILES string of the molecule is O=S(=O)(c1ccc(Cl)c(Cl)c1)N1CCCN=C1c1ccccc1SCc1c(F)cccc1Cl. The van der Waals surface area contributed by atoms with Gasteiger partial charge in [-0.1, -0.05) is 59.1 Å². The van der Waals surface area contributed by atoms with E-state index in [9.17, 15) is 12.8 Å². The highest BCUT2D eigenvalue weighted by Crippen LogP contribution is 2.33. The first-order valence-corrected chi connectivity index (χ1v) is 13.5. The molecule has 0 aromatic heterocycles. The molecule has 1 aliphatic heterocycles. The van der Waals surface area contributed by atoms with Crippen LogP contribution in [0.2, 0.25) is 15.1 Å². The Balaban J connectivity index is 1.69. The van der Waals surface area contributed by atoms with Gasteiger partial charge in [-0.2, -0.15) is 0 Å². The van der Waals surface area contributed by atoms with Crippen molar-refractivity contribution >= 4 is 62.4 Å². The molecule has 0 N–H and O–H groups in total. The van der Waals surface area contributed by atoms with E-state index in [0.29, 0.717) is 35.0 Å². The van der Waals surface area contributed by atoms with Gasteiger partial charge in [0.05, 0.1) is 14.9 Å². The summed E-state index contributed by atoms with van der Waals surface area (Å²) in [5.74, 6) is 0.247. The number of rotatable bonds is 6. The van der Waals surface area contributed by atoms with E-state index < -0.39 is 10.0 Å². The van der Waals surface area contributed by atoms with Crippen molar-refractivity contribution in [3.63, 3.8) is 0 Å². The van der Waals surface area contributed by atoms with E-state index in [2.05, 4.69) is 4.99 Å². The number of hydrogen-bond acceptors (Lipinski definition) is 4. The van der Waals surface area contributed by atoms with Crippen LogP contribution in [-0.4, -0.2) is 31.6 Å². The maximum atomic E-state index is 14.2. The molecule has 0 spiro atoms. The van der Waals surface area contributed by atoms with Crippen LogP contribution in [0.25, 0.3) is 0 Å². The maximum absolute atomic E-state index is 14.2. The van der Waals surface area contributed by atoms with Crippen LogP contribution in [0.15, 0.2) is 75.4 Å². The summed E-state index contributed by atoms with van der Waals surface area (Å²) in [5.41, 5.74) is 1.04. The summed E-state index contributed by atoms with van der Waals surface area (Å²) in [6.45, 7) is 0.778. The molecule has 0 aliphatic carbocycles. The fourth-order valence-corrected chi connectivity index (χ4v) is 6.67. The molecule has 0 unspecified atom stereocenters. The lowest BCUT2D eigenvalue weighted by Gasteiger charge is -2.29. The first-order chi connectivity index (χ1) is 15.8. The minimum absolute atomic E-state index is 0.0368. The summed E-state index contributed by atoms with van der Waals surface area (Å²) in [4.78, 5) is 5.36. The topological polar surface area (TPSA) is 49.7 Å². The van der Waals surface area contributed by atoms with Gasteiger partial charge in [0.15, 0.2) is 0 Å². The van der Waals surface area contributed by atoms with E-state index in [0.717, 1.165) is 4.90 Å². The molecule has 1 heterocycles. The second-order valence-electron chi connectivity index (χ2n) is 7.20. The maximum Gasteiger partial charge on any atom is 0.265 e. The highest BCUT2D eigenvalue weighted by atomic mass is 35.5. The summed E-state index contributed by atoms with van der Waals surface area (Å²) in [6.07, 6.45) is 0.587.